The maximum atomic E-state index is 12.0. The summed E-state index contributed by atoms with van der Waals surface area (Å²) >= 11 is 0. The lowest BCUT2D eigenvalue weighted by molar-refractivity contribution is -0.144. The first kappa shape index (κ1) is 22.6. The molecule has 0 amide bonds. The van der Waals surface area contributed by atoms with Crippen LogP contribution in [0.1, 0.15) is 62.6 Å². The molecule has 0 N–H and O–H groups in total. The lowest BCUT2D eigenvalue weighted by atomic mass is 9.88. The molecule has 2 unspecified atom stereocenters. The highest BCUT2D eigenvalue weighted by Crippen LogP contribution is 2.41. The van der Waals surface area contributed by atoms with Gasteiger partial charge in [-0.15, -0.1) is 8.58 Å². The molecule has 1 rings (SSSR count). The van der Waals surface area contributed by atoms with Crippen molar-refractivity contribution in [3.05, 3.63) is 35.4 Å². The molecule has 0 aliphatic carbocycles. The number of carbonyl (C=O) groups excluding carboxylic acids is 2. The highest BCUT2D eigenvalue weighted by Gasteiger charge is 2.20. The molecule has 0 fully saturated rings. The van der Waals surface area contributed by atoms with E-state index in [9.17, 15) is 9.59 Å². The van der Waals surface area contributed by atoms with Crippen molar-refractivity contribution in [2.75, 3.05) is 20.4 Å². The van der Waals surface area contributed by atoms with Crippen molar-refractivity contribution in [2.24, 2.45) is 5.41 Å². The topological polar surface area (TPSA) is 52.6 Å². The second kappa shape index (κ2) is 11.2. The summed E-state index contributed by atoms with van der Waals surface area (Å²) in [5.74, 6) is -1.06. The first-order valence-electron chi connectivity index (χ1n) is 8.28. The van der Waals surface area contributed by atoms with E-state index in [1.807, 2.05) is 32.0 Å². The minimum atomic E-state index is -0.565. The summed E-state index contributed by atoms with van der Waals surface area (Å²) in [7, 11) is 2.02. The van der Waals surface area contributed by atoms with Crippen LogP contribution in [0.5, 0.6) is 0 Å². The van der Waals surface area contributed by atoms with Crippen molar-refractivity contribution >= 4 is 20.5 Å². The molecule has 2 atom stereocenters. The van der Waals surface area contributed by atoms with Gasteiger partial charge in [0.1, 0.15) is 0 Å². The third-order valence-electron chi connectivity index (χ3n) is 3.24. The van der Waals surface area contributed by atoms with E-state index in [1.54, 1.807) is 6.07 Å². The molecule has 0 saturated heterocycles. The number of hydrogen-bond donors (Lipinski definition) is 0. The molecule has 5 heteroatoms. The van der Waals surface area contributed by atoms with Crippen LogP contribution >= 0.6 is 8.58 Å². The fourth-order valence-electron chi connectivity index (χ4n) is 2.15. The Hall–Kier alpha value is -1.41. The fourth-order valence-corrected chi connectivity index (χ4v) is 3.48. The summed E-state index contributed by atoms with van der Waals surface area (Å²) in [4.78, 5) is 23.0. The van der Waals surface area contributed by atoms with Gasteiger partial charge < -0.3 is 9.47 Å². The highest BCUT2D eigenvalue weighted by atomic mass is 31.1. The zero-order valence-corrected chi connectivity index (χ0v) is 16.9. The van der Waals surface area contributed by atoms with Gasteiger partial charge in [0.05, 0.1) is 12.7 Å². The maximum Gasteiger partial charge on any atom is 0.344 e. The summed E-state index contributed by atoms with van der Waals surface area (Å²) in [6.45, 7) is 12.5. The lowest BCUT2D eigenvalue weighted by Crippen LogP contribution is -2.15. The molecule has 0 spiro atoms. The monoisotopic (exact) mass is 354 g/mol. The zero-order valence-electron chi connectivity index (χ0n) is 15.9. The molecular weight excluding hydrogens is 323 g/mol. The van der Waals surface area contributed by atoms with Crippen molar-refractivity contribution < 1.29 is 19.1 Å². The van der Waals surface area contributed by atoms with Crippen LogP contribution in [0.2, 0.25) is 0 Å². The Morgan fingerprint density at radius 3 is 2.33 bits per heavy atom. The van der Waals surface area contributed by atoms with E-state index >= 15 is 0 Å². The third kappa shape index (κ3) is 8.44. The normalized spacial score (nSPS) is 12.3. The molecule has 0 aliphatic heterocycles. The second-order valence-electron chi connectivity index (χ2n) is 6.38. The molecule has 0 heterocycles. The first-order chi connectivity index (χ1) is 11.3. The molecule has 0 saturated carbocycles. The molecule has 136 valence electrons. The number of methoxy groups -OCH3 is 1. The smallest absolute Gasteiger partial charge is 0.344 e. The van der Waals surface area contributed by atoms with Gasteiger partial charge in [-0.1, -0.05) is 46.8 Å². The fraction of sp³-hybridized carbons (Fsp3) is 0.579. The Morgan fingerprint density at radius 2 is 1.83 bits per heavy atom. The summed E-state index contributed by atoms with van der Waals surface area (Å²) < 4.78 is 9.39. The Kier molecular flexibility index (Phi) is 10.5. The summed E-state index contributed by atoms with van der Waals surface area (Å²) in [5.41, 5.74) is 2.27. The van der Waals surface area contributed by atoms with Gasteiger partial charge in [-0.3, -0.25) is 0 Å². The zero-order chi connectivity index (χ0) is 18.8. The Morgan fingerprint density at radius 1 is 1.21 bits per heavy atom. The third-order valence-corrected chi connectivity index (χ3v) is 4.47. The molecule has 0 aromatic heterocycles. The average molecular weight is 354 g/mol. The van der Waals surface area contributed by atoms with Crippen LogP contribution in [-0.4, -0.2) is 32.3 Å². The SMILES string of the molecule is CC.COC(=O)COC(=O)c1cccc(C(CC(C)(C)C)PC)c1. The van der Waals surface area contributed by atoms with Gasteiger partial charge in [-0.05, 0) is 36.2 Å². The summed E-state index contributed by atoms with van der Waals surface area (Å²) in [6.07, 6.45) is 1.06. The first-order valence-corrected chi connectivity index (χ1v) is 9.85. The minimum Gasteiger partial charge on any atom is -0.466 e. The van der Waals surface area contributed by atoms with Crippen LogP contribution in [0.4, 0.5) is 0 Å². The number of rotatable bonds is 6. The molecular formula is C19H31O4P. The molecule has 1 aromatic rings. The Bertz CT molecular complexity index is 520. The predicted octanol–water partition coefficient (Wildman–Crippen LogP) is 4.83. The van der Waals surface area contributed by atoms with Crippen LogP contribution in [0.25, 0.3) is 0 Å². The number of esters is 2. The van der Waals surface area contributed by atoms with Crippen LogP contribution in [0.3, 0.4) is 0 Å². The summed E-state index contributed by atoms with van der Waals surface area (Å²) in [6, 6.07) is 7.48. The predicted molar refractivity (Wildman–Crippen MR) is 101 cm³/mol. The minimum absolute atomic E-state index is 0.231. The van der Waals surface area contributed by atoms with Crippen molar-refractivity contribution in [3.8, 4) is 0 Å². The van der Waals surface area contributed by atoms with E-state index in [1.165, 1.54) is 7.11 Å². The largest absolute Gasteiger partial charge is 0.466 e. The number of benzene rings is 1. The van der Waals surface area contributed by atoms with E-state index in [0.29, 0.717) is 11.2 Å². The van der Waals surface area contributed by atoms with Crippen molar-refractivity contribution in [1.82, 2.24) is 0 Å². The molecule has 24 heavy (non-hydrogen) atoms. The van der Waals surface area contributed by atoms with E-state index in [-0.39, 0.29) is 12.0 Å². The van der Waals surface area contributed by atoms with E-state index < -0.39 is 11.9 Å². The molecule has 4 nitrogen and oxygen atoms in total. The van der Waals surface area contributed by atoms with Crippen LogP contribution in [0, 0.1) is 5.41 Å². The Labute approximate surface area is 148 Å². The van der Waals surface area contributed by atoms with E-state index in [0.717, 1.165) is 20.6 Å². The van der Waals surface area contributed by atoms with Crippen molar-refractivity contribution in [2.45, 2.75) is 46.7 Å². The highest BCUT2D eigenvalue weighted by molar-refractivity contribution is 7.37. The lowest BCUT2D eigenvalue weighted by Gasteiger charge is -2.25. The van der Waals surface area contributed by atoms with Gasteiger partial charge >= 0.3 is 11.9 Å². The molecule has 0 radical (unpaired) electrons. The standard InChI is InChI=1S/C17H25O4P.C2H6/c1-17(2,3)10-14(22-5)12-7-6-8-13(9-12)16(19)21-11-15(18)20-4;1-2/h6-9,14,22H,10-11H2,1-5H3;1-2H3. The van der Waals surface area contributed by atoms with Crippen LogP contribution < -0.4 is 0 Å². The number of carbonyl (C=O) groups is 2. The van der Waals surface area contributed by atoms with Crippen molar-refractivity contribution in [3.63, 3.8) is 0 Å². The van der Waals surface area contributed by atoms with Crippen LogP contribution in [0.15, 0.2) is 24.3 Å². The molecule has 0 aliphatic rings. The van der Waals surface area contributed by atoms with Gasteiger partial charge in [0, 0.05) is 5.66 Å². The number of ether oxygens (including phenoxy) is 2. The maximum absolute atomic E-state index is 12.0. The van der Waals surface area contributed by atoms with Gasteiger partial charge in [0.25, 0.3) is 0 Å². The van der Waals surface area contributed by atoms with Crippen LogP contribution in [-0.2, 0) is 14.3 Å². The second-order valence-corrected chi connectivity index (χ2v) is 7.66. The molecule has 0 bridgehead atoms. The van der Waals surface area contributed by atoms with E-state index in [4.69, 9.17) is 4.74 Å². The van der Waals surface area contributed by atoms with Gasteiger partial charge in [-0.25, -0.2) is 9.59 Å². The van der Waals surface area contributed by atoms with Crippen molar-refractivity contribution in [1.29, 1.82) is 0 Å². The molecule has 1 aromatic carbocycles. The van der Waals surface area contributed by atoms with Gasteiger partial charge in [-0.2, -0.15) is 0 Å². The van der Waals surface area contributed by atoms with Gasteiger partial charge in [0.15, 0.2) is 6.61 Å². The Balaban J connectivity index is 0.00000254. The van der Waals surface area contributed by atoms with E-state index in [2.05, 4.69) is 32.2 Å². The number of hydrogen-bond acceptors (Lipinski definition) is 4. The quantitative estimate of drug-likeness (QED) is 0.542. The summed E-state index contributed by atoms with van der Waals surface area (Å²) in [5, 5.41) is 0. The average Bonchev–Trinajstić information content (AvgIpc) is 2.58. The van der Waals surface area contributed by atoms with Gasteiger partial charge in [0.2, 0.25) is 0 Å².